The Kier molecular flexibility index (Phi) is 7.60. The smallest absolute Gasteiger partial charge is 0.246 e. The molecule has 1 saturated heterocycles. The number of amides is 2. The molecule has 1 heterocycles. The summed E-state index contributed by atoms with van der Waals surface area (Å²) in [6.07, 6.45) is 4.71. The molecule has 6 nitrogen and oxygen atoms in total. The Bertz CT molecular complexity index is 1130. The topological polar surface area (TPSA) is 67.9 Å². The van der Waals surface area contributed by atoms with Crippen LogP contribution in [0.4, 0.5) is 5.69 Å². The number of carbonyl (C=O) groups is 2. The van der Waals surface area contributed by atoms with Gasteiger partial charge in [-0.3, -0.25) is 9.59 Å². The average molecular weight is 457 g/mol. The van der Waals surface area contributed by atoms with Crippen molar-refractivity contribution in [2.75, 3.05) is 25.5 Å². The Balaban J connectivity index is 1.26. The van der Waals surface area contributed by atoms with Crippen LogP contribution in [-0.2, 0) is 9.59 Å². The van der Waals surface area contributed by atoms with Gasteiger partial charge in [-0.05, 0) is 60.9 Å². The Morgan fingerprint density at radius 3 is 2.21 bits per heavy atom. The van der Waals surface area contributed by atoms with E-state index in [1.807, 2.05) is 84.9 Å². The zero-order valence-corrected chi connectivity index (χ0v) is 19.1. The molecule has 3 aromatic rings. The Morgan fingerprint density at radius 1 is 0.882 bits per heavy atom. The summed E-state index contributed by atoms with van der Waals surface area (Å²) < 4.78 is 11.2. The zero-order chi connectivity index (χ0) is 23.8. The van der Waals surface area contributed by atoms with Crippen LogP contribution in [-0.4, -0.2) is 36.9 Å². The number of hydrogen-bond donors (Lipinski definition) is 1. The van der Waals surface area contributed by atoms with Crippen LogP contribution in [0.2, 0.25) is 0 Å². The summed E-state index contributed by atoms with van der Waals surface area (Å²) in [5.41, 5.74) is 1.70. The largest absolute Gasteiger partial charge is 0.493 e. The van der Waals surface area contributed by atoms with Gasteiger partial charge in [0, 0.05) is 30.8 Å². The van der Waals surface area contributed by atoms with Gasteiger partial charge in [0.05, 0.1) is 7.11 Å². The van der Waals surface area contributed by atoms with E-state index in [-0.39, 0.29) is 17.7 Å². The van der Waals surface area contributed by atoms with Gasteiger partial charge in [0.1, 0.15) is 5.75 Å². The molecule has 4 rings (SSSR count). The third-order valence-corrected chi connectivity index (χ3v) is 5.81. The second-order valence-electron chi connectivity index (χ2n) is 8.11. The van der Waals surface area contributed by atoms with Crippen LogP contribution in [0.5, 0.6) is 17.2 Å². The van der Waals surface area contributed by atoms with E-state index in [2.05, 4.69) is 5.32 Å². The first-order chi connectivity index (χ1) is 16.6. The van der Waals surface area contributed by atoms with Gasteiger partial charge >= 0.3 is 0 Å². The average Bonchev–Trinajstić information content (AvgIpc) is 2.89. The lowest BCUT2D eigenvalue weighted by Gasteiger charge is -2.30. The van der Waals surface area contributed by atoms with Gasteiger partial charge in [0.25, 0.3) is 0 Å². The maximum atomic E-state index is 12.7. The van der Waals surface area contributed by atoms with Crippen LogP contribution in [0, 0.1) is 5.92 Å². The molecule has 0 saturated carbocycles. The van der Waals surface area contributed by atoms with Crippen molar-refractivity contribution in [2.24, 2.45) is 5.92 Å². The van der Waals surface area contributed by atoms with Crippen molar-refractivity contribution < 1.29 is 19.1 Å². The Labute approximate surface area is 199 Å². The number of benzene rings is 3. The molecule has 3 aromatic carbocycles. The number of methoxy groups -OCH3 is 1. The predicted molar refractivity (Wildman–Crippen MR) is 133 cm³/mol. The normalized spacial score (nSPS) is 14.1. The summed E-state index contributed by atoms with van der Waals surface area (Å²) in [5, 5.41) is 2.98. The van der Waals surface area contributed by atoms with E-state index in [4.69, 9.17) is 9.47 Å². The van der Waals surface area contributed by atoms with Gasteiger partial charge in [-0.15, -0.1) is 0 Å². The van der Waals surface area contributed by atoms with Crippen LogP contribution in [0.3, 0.4) is 0 Å². The molecule has 1 aliphatic rings. The minimum atomic E-state index is -0.119. The number of ether oxygens (including phenoxy) is 2. The molecule has 0 spiro atoms. The lowest BCUT2D eigenvalue weighted by Crippen LogP contribution is -2.40. The fraction of sp³-hybridized carbons (Fsp3) is 0.214. The molecule has 34 heavy (non-hydrogen) atoms. The third kappa shape index (κ3) is 6.04. The molecule has 0 aromatic heterocycles. The molecule has 0 atom stereocenters. The molecule has 0 bridgehead atoms. The Morgan fingerprint density at radius 2 is 1.53 bits per heavy atom. The standard InChI is InChI=1S/C28H28N2O4/c1-33-25-9-5-6-10-26(25)34-24-14-12-23(13-15-24)29-28(32)22-17-19-30(20-18-22)27(31)16-11-21-7-3-2-4-8-21/h2-16,22H,17-20H2,1H3,(H,29,32)/b16-11+. The molecule has 1 aliphatic heterocycles. The van der Waals surface area contributed by atoms with Gasteiger partial charge < -0.3 is 19.7 Å². The SMILES string of the molecule is COc1ccccc1Oc1ccc(NC(=O)C2CCN(C(=O)/C=C/c3ccccc3)CC2)cc1. The minimum absolute atomic E-state index is 0.0200. The van der Waals surface area contributed by atoms with E-state index in [0.29, 0.717) is 48.9 Å². The van der Waals surface area contributed by atoms with Gasteiger partial charge in [0.15, 0.2) is 11.5 Å². The summed E-state index contributed by atoms with van der Waals surface area (Å²) in [7, 11) is 1.60. The highest BCUT2D eigenvalue weighted by molar-refractivity contribution is 5.94. The first-order valence-corrected chi connectivity index (χ1v) is 11.4. The van der Waals surface area contributed by atoms with Crippen molar-refractivity contribution in [3.05, 3.63) is 90.5 Å². The van der Waals surface area contributed by atoms with Gasteiger partial charge in [-0.1, -0.05) is 42.5 Å². The van der Waals surface area contributed by atoms with Gasteiger partial charge in [-0.2, -0.15) is 0 Å². The van der Waals surface area contributed by atoms with Crippen molar-refractivity contribution in [3.8, 4) is 17.2 Å². The third-order valence-electron chi connectivity index (χ3n) is 5.81. The second kappa shape index (κ2) is 11.2. The van der Waals surface area contributed by atoms with Crippen molar-refractivity contribution in [1.82, 2.24) is 4.90 Å². The number of piperidine rings is 1. The summed E-state index contributed by atoms with van der Waals surface area (Å²) in [4.78, 5) is 27.0. The molecule has 6 heteroatoms. The molecule has 2 amide bonds. The first kappa shape index (κ1) is 23.1. The number of nitrogens with one attached hydrogen (secondary N) is 1. The van der Waals surface area contributed by atoms with Crippen LogP contribution in [0.25, 0.3) is 6.08 Å². The molecular formula is C28H28N2O4. The van der Waals surface area contributed by atoms with E-state index in [1.165, 1.54) is 0 Å². The zero-order valence-electron chi connectivity index (χ0n) is 19.1. The maximum absolute atomic E-state index is 12.7. The maximum Gasteiger partial charge on any atom is 0.246 e. The highest BCUT2D eigenvalue weighted by Gasteiger charge is 2.26. The number of likely N-dealkylation sites (tertiary alicyclic amines) is 1. The highest BCUT2D eigenvalue weighted by atomic mass is 16.5. The van der Waals surface area contributed by atoms with Crippen LogP contribution < -0.4 is 14.8 Å². The van der Waals surface area contributed by atoms with E-state index >= 15 is 0 Å². The second-order valence-corrected chi connectivity index (χ2v) is 8.11. The number of anilines is 1. The fourth-order valence-corrected chi connectivity index (χ4v) is 3.88. The molecule has 0 unspecified atom stereocenters. The number of nitrogens with zero attached hydrogens (tertiary/aromatic N) is 1. The van der Waals surface area contributed by atoms with E-state index < -0.39 is 0 Å². The van der Waals surface area contributed by atoms with E-state index in [0.717, 1.165) is 5.56 Å². The van der Waals surface area contributed by atoms with E-state index in [1.54, 1.807) is 18.1 Å². The van der Waals surface area contributed by atoms with Crippen molar-refractivity contribution in [1.29, 1.82) is 0 Å². The van der Waals surface area contributed by atoms with E-state index in [9.17, 15) is 9.59 Å². The van der Waals surface area contributed by atoms with Crippen LogP contribution in [0.15, 0.2) is 84.9 Å². The monoisotopic (exact) mass is 456 g/mol. The number of rotatable bonds is 7. The Hall–Kier alpha value is -4.06. The molecule has 0 radical (unpaired) electrons. The number of carbonyl (C=O) groups excluding carboxylic acids is 2. The summed E-state index contributed by atoms with van der Waals surface area (Å²) in [6, 6.07) is 24.4. The number of para-hydroxylation sites is 2. The summed E-state index contributed by atoms with van der Waals surface area (Å²) in [6.45, 7) is 1.14. The van der Waals surface area contributed by atoms with Gasteiger partial charge in [-0.25, -0.2) is 0 Å². The predicted octanol–water partition coefficient (Wildman–Crippen LogP) is 5.38. The van der Waals surface area contributed by atoms with Gasteiger partial charge in [0.2, 0.25) is 11.8 Å². The van der Waals surface area contributed by atoms with Crippen molar-refractivity contribution in [3.63, 3.8) is 0 Å². The summed E-state index contributed by atoms with van der Waals surface area (Å²) in [5.74, 6) is 1.77. The summed E-state index contributed by atoms with van der Waals surface area (Å²) >= 11 is 0. The highest BCUT2D eigenvalue weighted by Crippen LogP contribution is 2.31. The molecule has 1 N–H and O–H groups in total. The quantitative estimate of drug-likeness (QED) is 0.485. The lowest BCUT2D eigenvalue weighted by molar-refractivity contribution is -0.130. The molecule has 1 fully saturated rings. The molecular weight excluding hydrogens is 428 g/mol. The first-order valence-electron chi connectivity index (χ1n) is 11.4. The molecule has 174 valence electrons. The van der Waals surface area contributed by atoms with Crippen molar-refractivity contribution in [2.45, 2.75) is 12.8 Å². The lowest BCUT2D eigenvalue weighted by atomic mass is 9.95. The van der Waals surface area contributed by atoms with Crippen LogP contribution >= 0.6 is 0 Å². The number of hydrogen-bond acceptors (Lipinski definition) is 4. The minimum Gasteiger partial charge on any atom is -0.493 e. The van der Waals surface area contributed by atoms with Crippen LogP contribution in [0.1, 0.15) is 18.4 Å². The molecule has 0 aliphatic carbocycles. The fourth-order valence-electron chi connectivity index (χ4n) is 3.88. The van der Waals surface area contributed by atoms with Crippen molar-refractivity contribution >= 4 is 23.6 Å².